The molecule has 0 bridgehead atoms. The maximum absolute atomic E-state index is 12.0. The van der Waals surface area contributed by atoms with Crippen molar-refractivity contribution in [3.8, 4) is 0 Å². The van der Waals surface area contributed by atoms with E-state index in [2.05, 4.69) is 15.5 Å². The Labute approximate surface area is 103 Å². The van der Waals surface area contributed by atoms with E-state index in [0.29, 0.717) is 5.56 Å². The predicted molar refractivity (Wildman–Crippen MR) is 64.7 cm³/mol. The number of carboxylic acid groups (broad SMARTS) is 1. The van der Waals surface area contributed by atoms with Crippen molar-refractivity contribution in [1.82, 2.24) is 10.2 Å². The number of nitrogens with one attached hydrogen (secondary N) is 2. The molecule has 0 saturated carbocycles. The van der Waals surface area contributed by atoms with Crippen molar-refractivity contribution in [3.63, 3.8) is 0 Å². The second-order valence-electron chi connectivity index (χ2n) is 3.73. The van der Waals surface area contributed by atoms with Crippen molar-refractivity contribution < 1.29 is 14.7 Å². The summed E-state index contributed by atoms with van der Waals surface area (Å²) in [6, 6.07) is 7.04. The molecular weight excluding hydrogens is 234 g/mol. The number of nitrogens with zero attached hydrogens (tertiary/aromatic N) is 1. The first-order valence-electron chi connectivity index (χ1n) is 5.23. The Balaban J connectivity index is 2.25. The summed E-state index contributed by atoms with van der Waals surface area (Å²) >= 11 is 0. The summed E-state index contributed by atoms with van der Waals surface area (Å²) in [5, 5.41) is 17.4. The highest BCUT2D eigenvalue weighted by Crippen LogP contribution is 2.14. The van der Waals surface area contributed by atoms with Crippen LogP contribution in [0.25, 0.3) is 0 Å². The third-order valence-corrected chi connectivity index (χ3v) is 2.50. The first-order chi connectivity index (χ1) is 8.59. The van der Waals surface area contributed by atoms with Gasteiger partial charge in [-0.1, -0.05) is 18.2 Å². The number of aromatic amines is 1. The molecule has 1 amide bonds. The van der Waals surface area contributed by atoms with Crippen molar-refractivity contribution in [2.45, 2.75) is 6.92 Å². The van der Waals surface area contributed by atoms with Crippen LogP contribution >= 0.6 is 0 Å². The number of aryl methyl sites for hydroxylation is 1. The van der Waals surface area contributed by atoms with Gasteiger partial charge in [0.15, 0.2) is 0 Å². The Kier molecular flexibility index (Phi) is 3.09. The number of H-pyrrole nitrogens is 1. The zero-order valence-corrected chi connectivity index (χ0v) is 9.60. The summed E-state index contributed by atoms with van der Waals surface area (Å²) in [5.41, 5.74) is 1.23. The molecule has 6 heteroatoms. The van der Waals surface area contributed by atoms with Gasteiger partial charge in [-0.15, -0.1) is 0 Å². The van der Waals surface area contributed by atoms with E-state index in [4.69, 9.17) is 5.11 Å². The fraction of sp³-hybridized carbons (Fsp3) is 0.0833. The van der Waals surface area contributed by atoms with Gasteiger partial charge in [0, 0.05) is 5.56 Å². The van der Waals surface area contributed by atoms with Gasteiger partial charge >= 0.3 is 5.97 Å². The van der Waals surface area contributed by atoms with Crippen LogP contribution in [0.1, 0.15) is 26.3 Å². The second-order valence-corrected chi connectivity index (χ2v) is 3.73. The lowest BCUT2D eigenvalue weighted by Crippen LogP contribution is -2.15. The number of carbonyl (C=O) groups excluding carboxylic acids is 1. The molecule has 6 nitrogen and oxygen atoms in total. The number of anilines is 1. The third kappa shape index (κ3) is 2.22. The van der Waals surface area contributed by atoms with Gasteiger partial charge in [-0.05, 0) is 18.6 Å². The average Bonchev–Trinajstić information content (AvgIpc) is 2.77. The summed E-state index contributed by atoms with van der Waals surface area (Å²) in [6.07, 6.45) is 1.15. The molecule has 3 N–H and O–H groups in total. The van der Waals surface area contributed by atoms with E-state index in [9.17, 15) is 9.59 Å². The maximum Gasteiger partial charge on any atom is 0.341 e. The van der Waals surface area contributed by atoms with Crippen molar-refractivity contribution in [2.75, 3.05) is 5.32 Å². The smallest absolute Gasteiger partial charge is 0.341 e. The zero-order valence-electron chi connectivity index (χ0n) is 9.60. The SMILES string of the molecule is Cc1ccccc1C(=O)Nc1[nH]ncc1C(=O)O. The third-order valence-electron chi connectivity index (χ3n) is 2.50. The van der Waals surface area contributed by atoms with Gasteiger partial charge < -0.3 is 10.4 Å². The quantitative estimate of drug-likeness (QED) is 0.766. The lowest BCUT2D eigenvalue weighted by molar-refractivity contribution is 0.0698. The lowest BCUT2D eigenvalue weighted by atomic mass is 10.1. The molecule has 1 heterocycles. The Morgan fingerprint density at radius 1 is 1.28 bits per heavy atom. The van der Waals surface area contributed by atoms with Gasteiger partial charge in [0.25, 0.3) is 5.91 Å². The van der Waals surface area contributed by atoms with Gasteiger partial charge in [0.05, 0.1) is 6.20 Å². The highest BCUT2D eigenvalue weighted by atomic mass is 16.4. The van der Waals surface area contributed by atoms with Crippen LogP contribution in [0.2, 0.25) is 0 Å². The van der Waals surface area contributed by atoms with Gasteiger partial charge in [0.2, 0.25) is 0 Å². The standard InChI is InChI=1S/C12H11N3O3/c1-7-4-2-3-5-8(7)11(16)14-10-9(12(17)18)6-13-15-10/h2-6H,1H3,(H,17,18)(H2,13,14,15,16). The largest absolute Gasteiger partial charge is 0.477 e. The highest BCUT2D eigenvalue weighted by molar-refractivity contribution is 6.07. The molecule has 0 fully saturated rings. The van der Waals surface area contributed by atoms with Crippen molar-refractivity contribution in [2.24, 2.45) is 0 Å². The summed E-state index contributed by atoms with van der Waals surface area (Å²) in [6.45, 7) is 1.81. The maximum atomic E-state index is 12.0. The van der Waals surface area contributed by atoms with Gasteiger partial charge in [0.1, 0.15) is 11.4 Å². The molecule has 0 saturated heterocycles. The van der Waals surface area contributed by atoms with E-state index in [1.807, 2.05) is 6.07 Å². The zero-order chi connectivity index (χ0) is 13.1. The topological polar surface area (TPSA) is 95.1 Å². The molecule has 2 rings (SSSR count). The molecule has 18 heavy (non-hydrogen) atoms. The van der Waals surface area contributed by atoms with Crippen molar-refractivity contribution >= 4 is 17.7 Å². The number of hydrogen-bond donors (Lipinski definition) is 3. The second kappa shape index (κ2) is 4.70. The summed E-state index contributed by atoms with van der Waals surface area (Å²) < 4.78 is 0. The molecule has 0 unspecified atom stereocenters. The molecule has 0 aliphatic carbocycles. The fourth-order valence-electron chi connectivity index (χ4n) is 1.55. The number of aromatic carboxylic acids is 1. The van der Waals surface area contributed by atoms with Crippen molar-refractivity contribution in [1.29, 1.82) is 0 Å². The molecule has 0 aliphatic heterocycles. The number of benzene rings is 1. The first-order valence-corrected chi connectivity index (χ1v) is 5.23. The Bertz CT molecular complexity index is 604. The van der Waals surface area contributed by atoms with Crippen molar-refractivity contribution in [3.05, 3.63) is 47.2 Å². The van der Waals surface area contributed by atoms with Crippen LogP contribution in [0.4, 0.5) is 5.82 Å². The fourth-order valence-corrected chi connectivity index (χ4v) is 1.55. The summed E-state index contributed by atoms with van der Waals surface area (Å²) in [7, 11) is 0. The van der Waals surface area contributed by atoms with Crippen LogP contribution in [-0.2, 0) is 0 Å². The Morgan fingerprint density at radius 3 is 2.67 bits per heavy atom. The van der Waals surface area contributed by atoms with Crippen LogP contribution in [0.5, 0.6) is 0 Å². The Morgan fingerprint density at radius 2 is 2.00 bits per heavy atom. The van der Waals surface area contributed by atoms with Crippen LogP contribution in [0, 0.1) is 6.92 Å². The molecule has 92 valence electrons. The molecule has 2 aromatic rings. The van der Waals surface area contributed by atoms with Crippen LogP contribution < -0.4 is 5.32 Å². The minimum Gasteiger partial charge on any atom is -0.477 e. The van der Waals surface area contributed by atoms with Gasteiger partial charge in [-0.2, -0.15) is 5.10 Å². The molecule has 0 spiro atoms. The van der Waals surface area contributed by atoms with E-state index in [-0.39, 0.29) is 17.3 Å². The van der Waals surface area contributed by atoms with E-state index in [1.54, 1.807) is 25.1 Å². The molecule has 1 aromatic heterocycles. The summed E-state index contributed by atoms with van der Waals surface area (Å²) in [4.78, 5) is 22.8. The number of aromatic nitrogens is 2. The number of hydrogen-bond acceptors (Lipinski definition) is 3. The molecule has 0 aliphatic rings. The van der Waals surface area contributed by atoms with E-state index in [0.717, 1.165) is 11.8 Å². The van der Waals surface area contributed by atoms with E-state index >= 15 is 0 Å². The number of amides is 1. The molecular formula is C12H11N3O3. The number of carboxylic acids is 1. The Hall–Kier alpha value is -2.63. The average molecular weight is 245 g/mol. The lowest BCUT2D eigenvalue weighted by Gasteiger charge is -2.06. The van der Waals surface area contributed by atoms with Crippen LogP contribution in [-0.4, -0.2) is 27.2 Å². The molecule has 1 aromatic carbocycles. The molecule has 0 atom stereocenters. The number of rotatable bonds is 3. The van der Waals surface area contributed by atoms with Crippen LogP contribution in [0.15, 0.2) is 30.5 Å². The monoisotopic (exact) mass is 245 g/mol. The predicted octanol–water partition coefficient (Wildman–Crippen LogP) is 1.67. The van der Waals surface area contributed by atoms with Gasteiger partial charge in [-0.25, -0.2) is 4.79 Å². The van der Waals surface area contributed by atoms with Crippen LogP contribution in [0.3, 0.4) is 0 Å². The van der Waals surface area contributed by atoms with Gasteiger partial charge in [-0.3, -0.25) is 9.89 Å². The van der Waals surface area contributed by atoms with E-state index in [1.165, 1.54) is 0 Å². The number of carbonyl (C=O) groups is 2. The highest BCUT2D eigenvalue weighted by Gasteiger charge is 2.16. The minimum absolute atomic E-state index is 0.0723. The van der Waals surface area contributed by atoms with E-state index < -0.39 is 5.97 Å². The molecule has 0 radical (unpaired) electrons. The summed E-state index contributed by atoms with van der Waals surface area (Å²) in [5.74, 6) is -1.44. The first kappa shape index (κ1) is 11.8. The normalized spacial score (nSPS) is 10.1. The minimum atomic E-state index is -1.15.